The molecule has 1 saturated heterocycles. The summed E-state index contributed by atoms with van der Waals surface area (Å²) in [6.45, 7) is 5.29. The highest BCUT2D eigenvalue weighted by molar-refractivity contribution is 5.91. The zero-order valence-electron chi connectivity index (χ0n) is 17.7. The summed E-state index contributed by atoms with van der Waals surface area (Å²) >= 11 is 0. The molecule has 4 rings (SSSR count). The number of β-amino-alcohol motifs (C(OH)–C–C–N with tert-alkyl or cyclic N) is 1. The Morgan fingerprint density at radius 3 is 2.73 bits per heavy atom. The van der Waals surface area contributed by atoms with E-state index in [1.54, 1.807) is 11.0 Å². The molecular weight excluding hydrogens is 380 g/mol. The van der Waals surface area contributed by atoms with E-state index in [2.05, 4.69) is 29.2 Å². The lowest BCUT2D eigenvalue weighted by molar-refractivity contribution is -0.0717. The first-order chi connectivity index (χ1) is 14.5. The number of nitrogens with zero attached hydrogens (tertiary/aromatic N) is 2. The van der Waals surface area contributed by atoms with Gasteiger partial charge in [0.05, 0.1) is 19.3 Å². The van der Waals surface area contributed by atoms with E-state index in [0.717, 1.165) is 38.1 Å². The topological polar surface area (TPSA) is 77.2 Å². The molecule has 0 unspecified atom stereocenters. The van der Waals surface area contributed by atoms with Crippen LogP contribution in [-0.2, 0) is 19.5 Å². The summed E-state index contributed by atoms with van der Waals surface area (Å²) in [7, 11) is 0. The van der Waals surface area contributed by atoms with Gasteiger partial charge in [0, 0.05) is 31.6 Å². The first kappa shape index (κ1) is 21.1. The van der Waals surface area contributed by atoms with Crippen LogP contribution in [0.15, 0.2) is 40.8 Å². The Labute approximate surface area is 178 Å². The molecule has 0 bridgehead atoms. The number of carbonyl (C=O) groups is 1. The number of rotatable bonds is 6. The third-order valence-corrected chi connectivity index (χ3v) is 6.79. The van der Waals surface area contributed by atoms with Crippen molar-refractivity contribution in [3.8, 4) is 0 Å². The number of fused-ring (bicyclic) bond motifs is 1. The average Bonchev–Trinajstić information content (AvgIpc) is 3.23. The molecule has 3 heterocycles. The molecule has 2 N–H and O–H groups in total. The number of benzene rings is 1. The average molecular weight is 413 g/mol. The molecule has 6 heteroatoms. The van der Waals surface area contributed by atoms with Crippen molar-refractivity contribution in [1.82, 2.24) is 9.80 Å². The van der Waals surface area contributed by atoms with Gasteiger partial charge >= 0.3 is 0 Å². The van der Waals surface area contributed by atoms with Crippen LogP contribution in [0.2, 0.25) is 0 Å². The SMILES string of the molecule is CCC[C@]1(CO)CCN(C(=O)c2ccc(CN3CCc4ccccc4C3)o2)C[C@@H]1O. The van der Waals surface area contributed by atoms with Gasteiger partial charge in [-0.05, 0) is 42.5 Å². The lowest BCUT2D eigenvalue weighted by Crippen LogP contribution is -2.54. The molecule has 2 atom stereocenters. The maximum Gasteiger partial charge on any atom is 0.289 e. The summed E-state index contributed by atoms with van der Waals surface area (Å²) in [5.74, 6) is 0.917. The van der Waals surface area contributed by atoms with Crippen molar-refractivity contribution in [2.75, 3.05) is 26.2 Å². The van der Waals surface area contributed by atoms with Crippen molar-refractivity contribution < 1.29 is 19.4 Å². The molecule has 0 saturated carbocycles. The summed E-state index contributed by atoms with van der Waals surface area (Å²) < 4.78 is 5.89. The van der Waals surface area contributed by atoms with Gasteiger partial charge in [-0.3, -0.25) is 9.69 Å². The third-order valence-electron chi connectivity index (χ3n) is 6.79. The molecule has 2 aromatic rings. The highest BCUT2D eigenvalue weighted by Crippen LogP contribution is 2.36. The fourth-order valence-electron chi connectivity index (χ4n) is 4.90. The molecule has 1 aromatic carbocycles. The third kappa shape index (κ3) is 4.17. The monoisotopic (exact) mass is 412 g/mol. The van der Waals surface area contributed by atoms with Gasteiger partial charge in [0.15, 0.2) is 5.76 Å². The zero-order valence-corrected chi connectivity index (χ0v) is 17.7. The smallest absolute Gasteiger partial charge is 0.289 e. The molecule has 2 aliphatic heterocycles. The first-order valence-corrected chi connectivity index (χ1v) is 11.0. The van der Waals surface area contributed by atoms with E-state index in [1.807, 2.05) is 13.0 Å². The summed E-state index contributed by atoms with van der Waals surface area (Å²) in [5, 5.41) is 20.4. The number of hydrogen-bond donors (Lipinski definition) is 2. The Kier molecular flexibility index (Phi) is 6.27. The Bertz CT molecular complexity index is 880. The minimum atomic E-state index is -0.719. The number of furan rings is 1. The molecule has 0 radical (unpaired) electrons. The Hall–Kier alpha value is -2.15. The minimum absolute atomic E-state index is 0.0477. The second-order valence-electron chi connectivity index (χ2n) is 8.78. The molecule has 162 valence electrons. The molecule has 2 aliphatic rings. The minimum Gasteiger partial charge on any atom is -0.455 e. The molecule has 1 fully saturated rings. The van der Waals surface area contributed by atoms with Gasteiger partial charge in [-0.2, -0.15) is 0 Å². The van der Waals surface area contributed by atoms with Gasteiger partial charge in [-0.1, -0.05) is 37.6 Å². The molecule has 0 spiro atoms. The number of likely N-dealkylation sites (tertiary alicyclic amines) is 1. The Morgan fingerprint density at radius 2 is 2.00 bits per heavy atom. The van der Waals surface area contributed by atoms with E-state index >= 15 is 0 Å². The number of aliphatic hydroxyl groups is 2. The largest absolute Gasteiger partial charge is 0.455 e. The molecule has 30 heavy (non-hydrogen) atoms. The second kappa shape index (κ2) is 8.92. The van der Waals surface area contributed by atoms with E-state index in [-0.39, 0.29) is 19.1 Å². The predicted octanol–water partition coefficient (Wildman–Crippen LogP) is 2.82. The van der Waals surface area contributed by atoms with Gasteiger partial charge in [-0.25, -0.2) is 0 Å². The van der Waals surface area contributed by atoms with Gasteiger partial charge in [0.1, 0.15) is 5.76 Å². The van der Waals surface area contributed by atoms with Crippen molar-refractivity contribution in [2.45, 2.75) is 51.8 Å². The van der Waals surface area contributed by atoms with E-state index < -0.39 is 11.5 Å². The molecule has 1 aromatic heterocycles. The molecule has 0 aliphatic carbocycles. The van der Waals surface area contributed by atoms with Crippen LogP contribution in [0, 0.1) is 5.41 Å². The van der Waals surface area contributed by atoms with Crippen molar-refractivity contribution in [3.63, 3.8) is 0 Å². The van der Waals surface area contributed by atoms with E-state index in [0.29, 0.717) is 25.3 Å². The summed E-state index contributed by atoms with van der Waals surface area (Å²) in [6.07, 6.45) is 2.57. The number of aliphatic hydroxyl groups excluding tert-OH is 2. The predicted molar refractivity (Wildman–Crippen MR) is 114 cm³/mol. The number of amides is 1. The van der Waals surface area contributed by atoms with Crippen molar-refractivity contribution in [3.05, 3.63) is 59.0 Å². The van der Waals surface area contributed by atoms with Gasteiger partial charge in [0.2, 0.25) is 0 Å². The number of piperidine rings is 1. The second-order valence-corrected chi connectivity index (χ2v) is 8.78. The van der Waals surface area contributed by atoms with Crippen LogP contribution in [0.3, 0.4) is 0 Å². The van der Waals surface area contributed by atoms with Gasteiger partial charge in [-0.15, -0.1) is 0 Å². The number of hydrogen-bond acceptors (Lipinski definition) is 5. The lowest BCUT2D eigenvalue weighted by atomic mass is 9.73. The van der Waals surface area contributed by atoms with E-state index in [1.165, 1.54) is 11.1 Å². The summed E-state index contributed by atoms with van der Waals surface area (Å²) in [6, 6.07) is 12.1. The molecule has 6 nitrogen and oxygen atoms in total. The van der Waals surface area contributed by atoms with Crippen LogP contribution < -0.4 is 0 Å². The van der Waals surface area contributed by atoms with Crippen LogP contribution >= 0.6 is 0 Å². The van der Waals surface area contributed by atoms with Crippen molar-refractivity contribution >= 4 is 5.91 Å². The Balaban J connectivity index is 1.37. The maximum absolute atomic E-state index is 12.9. The van der Waals surface area contributed by atoms with Gasteiger partial charge in [0.25, 0.3) is 5.91 Å². The highest BCUT2D eigenvalue weighted by atomic mass is 16.4. The fourth-order valence-corrected chi connectivity index (χ4v) is 4.90. The highest BCUT2D eigenvalue weighted by Gasteiger charge is 2.42. The first-order valence-electron chi connectivity index (χ1n) is 11.0. The number of carbonyl (C=O) groups excluding carboxylic acids is 1. The molecule has 1 amide bonds. The van der Waals surface area contributed by atoms with Crippen molar-refractivity contribution in [2.24, 2.45) is 5.41 Å². The van der Waals surface area contributed by atoms with Crippen molar-refractivity contribution in [1.29, 1.82) is 0 Å². The van der Waals surface area contributed by atoms with Crippen LogP contribution in [-0.4, -0.2) is 58.3 Å². The lowest BCUT2D eigenvalue weighted by Gasteiger charge is -2.44. The van der Waals surface area contributed by atoms with E-state index in [9.17, 15) is 15.0 Å². The molecular formula is C24H32N2O4. The fraction of sp³-hybridized carbons (Fsp3) is 0.542. The van der Waals surface area contributed by atoms with Crippen LogP contribution in [0.4, 0.5) is 0 Å². The summed E-state index contributed by atoms with van der Waals surface area (Å²) in [5.41, 5.74) is 2.27. The van der Waals surface area contributed by atoms with Crippen LogP contribution in [0.1, 0.15) is 53.6 Å². The van der Waals surface area contributed by atoms with Crippen LogP contribution in [0.25, 0.3) is 0 Å². The zero-order chi connectivity index (χ0) is 21.1. The standard InChI is InChI=1S/C24H32N2O4/c1-2-10-24(17-27)11-13-26(16-22(24)28)23(29)21-8-7-20(30-21)15-25-12-9-18-5-3-4-6-19(18)14-25/h3-8,22,27-28H,2,9-17H2,1H3/t22-,24+/m0/s1. The maximum atomic E-state index is 12.9. The van der Waals surface area contributed by atoms with Gasteiger partial charge < -0.3 is 19.5 Å². The quantitative estimate of drug-likeness (QED) is 0.763. The van der Waals surface area contributed by atoms with E-state index in [4.69, 9.17) is 4.42 Å². The summed E-state index contributed by atoms with van der Waals surface area (Å²) in [4.78, 5) is 16.9. The Morgan fingerprint density at radius 1 is 1.20 bits per heavy atom. The normalized spacial score (nSPS) is 24.6. The van der Waals surface area contributed by atoms with Crippen LogP contribution in [0.5, 0.6) is 0 Å².